The summed E-state index contributed by atoms with van der Waals surface area (Å²) in [5.41, 5.74) is 0. The first-order chi connectivity index (χ1) is 6.79. The van der Waals surface area contributed by atoms with E-state index in [4.69, 9.17) is 0 Å². The molecule has 3 heteroatoms. The van der Waals surface area contributed by atoms with Crippen molar-refractivity contribution in [2.24, 2.45) is 0 Å². The zero-order chi connectivity index (χ0) is 10.6. The average molecular weight is 216 g/mol. The van der Waals surface area contributed by atoms with Crippen LogP contribution in [0.4, 0.5) is 0 Å². The molecule has 2 fully saturated rings. The van der Waals surface area contributed by atoms with Gasteiger partial charge in [-0.2, -0.15) is 0 Å². The second-order valence-electron chi connectivity index (χ2n) is 4.39. The molecule has 0 amide bonds. The first-order valence-corrected chi connectivity index (χ1v) is 6.27. The molecule has 2 atom stereocenters. The molecule has 1 heterocycles. The third-order valence-electron chi connectivity index (χ3n) is 3.39. The smallest absolute Gasteiger partial charge is 0.0198 e. The second-order valence-corrected chi connectivity index (χ2v) is 4.39. The van der Waals surface area contributed by atoms with Gasteiger partial charge in [0.25, 0.3) is 0 Å². The maximum Gasteiger partial charge on any atom is 0.0198 e. The quantitative estimate of drug-likeness (QED) is 0.720. The normalized spacial score (nSPS) is 32.0. The van der Waals surface area contributed by atoms with E-state index in [2.05, 4.69) is 24.1 Å². The second kappa shape index (κ2) is 7.20. The van der Waals surface area contributed by atoms with Crippen LogP contribution in [0.1, 0.15) is 47.0 Å². The molecule has 0 bridgehead atoms. The molecular formula is C12H28N2O. The molecule has 92 valence electrons. The van der Waals surface area contributed by atoms with Gasteiger partial charge >= 0.3 is 0 Å². The van der Waals surface area contributed by atoms with Gasteiger partial charge in [0, 0.05) is 31.2 Å². The lowest BCUT2D eigenvalue weighted by Gasteiger charge is -2.48. The van der Waals surface area contributed by atoms with E-state index >= 15 is 0 Å². The van der Waals surface area contributed by atoms with Crippen molar-refractivity contribution in [3.8, 4) is 0 Å². The van der Waals surface area contributed by atoms with Crippen LogP contribution in [0.2, 0.25) is 0 Å². The Kier molecular flexibility index (Phi) is 7.14. The minimum atomic E-state index is 0. The summed E-state index contributed by atoms with van der Waals surface area (Å²) in [5, 5.41) is 3.48. The SMILES string of the molecule is CC.CC1CNC[C@H](C)N1C1CCC1.O. The third-order valence-corrected chi connectivity index (χ3v) is 3.39. The van der Waals surface area contributed by atoms with Crippen LogP contribution in [0.25, 0.3) is 0 Å². The van der Waals surface area contributed by atoms with Crippen LogP contribution in [0, 0.1) is 0 Å². The molecule has 0 radical (unpaired) electrons. The van der Waals surface area contributed by atoms with Crippen LogP contribution in [0.5, 0.6) is 0 Å². The van der Waals surface area contributed by atoms with E-state index in [0.29, 0.717) is 0 Å². The molecule has 1 saturated heterocycles. The summed E-state index contributed by atoms with van der Waals surface area (Å²) in [6, 6.07) is 2.41. The van der Waals surface area contributed by atoms with Gasteiger partial charge < -0.3 is 10.8 Å². The van der Waals surface area contributed by atoms with Crippen molar-refractivity contribution in [3.63, 3.8) is 0 Å². The summed E-state index contributed by atoms with van der Waals surface area (Å²) in [6.45, 7) is 11.1. The Morgan fingerprint density at radius 1 is 1.00 bits per heavy atom. The predicted octanol–water partition coefficient (Wildman–Crippen LogP) is 1.42. The maximum absolute atomic E-state index is 3.48. The lowest BCUT2D eigenvalue weighted by atomic mass is 9.88. The number of piperazine rings is 1. The maximum atomic E-state index is 3.48. The molecule has 1 aliphatic carbocycles. The summed E-state index contributed by atoms with van der Waals surface area (Å²) in [5.74, 6) is 0. The van der Waals surface area contributed by atoms with Gasteiger partial charge in [0.05, 0.1) is 0 Å². The highest BCUT2D eigenvalue weighted by atomic mass is 16.0. The Balaban J connectivity index is 0.000000617. The predicted molar refractivity (Wildman–Crippen MR) is 66.2 cm³/mol. The van der Waals surface area contributed by atoms with Gasteiger partial charge in [0.15, 0.2) is 0 Å². The number of hydrogen-bond donors (Lipinski definition) is 1. The van der Waals surface area contributed by atoms with Crippen molar-refractivity contribution < 1.29 is 5.48 Å². The van der Waals surface area contributed by atoms with Gasteiger partial charge in [-0.1, -0.05) is 20.3 Å². The monoisotopic (exact) mass is 216 g/mol. The van der Waals surface area contributed by atoms with Gasteiger partial charge in [-0.15, -0.1) is 0 Å². The van der Waals surface area contributed by atoms with Gasteiger partial charge in [-0.3, -0.25) is 4.90 Å². The van der Waals surface area contributed by atoms with E-state index in [9.17, 15) is 0 Å². The largest absolute Gasteiger partial charge is 0.412 e. The summed E-state index contributed by atoms with van der Waals surface area (Å²) in [6.07, 6.45) is 4.33. The summed E-state index contributed by atoms with van der Waals surface area (Å²) in [4.78, 5) is 2.72. The van der Waals surface area contributed by atoms with Crippen LogP contribution in [0.15, 0.2) is 0 Å². The minimum Gasteiger partial charge on any atom is -0.412 e. The molecule has 0 aromatic carbocycles. The number of nitrogens with one attached hydrogen (secondary N) is 1. The van der Waals surface area contributed by atoms with Crippen LogP contribution >= 0.6 is 0 Å². The Morgan fingerprint density at radius 3 is 1.80 bits per heavy atom. The van der Waals surface area contributed by atoms with Gasteiger partial charge in [0.1, 0.15) is 0 Å². The fourth-order valence-corrected chi connectivity index (χ4v) is 2.55. The van der Waals surface area contributed by atoms with Crippen LogP contribution in [-0.2, 0) is 0 Å². The van der Waals surface area contributed by atoms with E-state index in [1.54, 1.807) is 0 Å². The molecule has 1 saturated carbocycles. The summed E-state index contributed by atoms with van der Waals surface area (Å²) in [7, 11) is 0. The Labute approximate surface area is 94.5 Å². The van der Waals surface area contributed by atoms with Crippen molar-refractivity contribution >= 4 is 0 Å². The van der Waals surface area contributed by atoms with Gasteiger partial charge in [0.2, 0.25) is 0 Å². The Morgan fingerprint density at radius 2 is 1.47 bits per heavy atom. The molecule has 15 heavy (non-hydrogen) atoms. The fourth-order valence-electron chi connectivity index (χ4n) is 2.55. The highest BCUT2D eigenvalue weighted by molar-refractivity contribution is 4.90. The van der Waals surface area contributed by atoms with Gasteiger partial charge in [-0.25, -0.2) is 0 Å². The zero-order valence-corrected chi connectivity index (χ0v) is 10.7. The van der Waals surface area contributed by atoms with E-state index in [1.807, 2.05) is 13.8 Å². The van der Waals surface area contributed by atoms with Crippen molar-refractivity contribution in [2.75, 3.05) is 13.1 Å². The molecule has 0 aromatic rings. The average Bonchev–Trinajstić information content (AvgIpc) is 2.12. The molecule has 3 nitrogen and oxygen atoms in total. The molecule has 3 N–H and O–H groups in total. The Bertz CT molecular complexity index is 147. The van der Waals surface area contributed by atoms with Crippen molar-refractivity contribution in [1.82, 2.24) is 10.2 Å². The van der Waals surface area contributed by atoms with E-state index in [1.165, 1.54) is 32.4 Å². The first kappa shape index (κ1) is 14.9. The third kappa shape index (κ3) is 3.44. The Hall–Kier alpha value is -0.120. The molecule has 1 aliphatic heterocycles. The van der Waals surface area contributed by atoms with E-state index < -0.39 is 0 Å². The standard InChI is InChI=1S/C10H20N2.C2H6.H2O/c1-8-6-11-7-9(2)12(8)10-4-3-5-10;1-2;/h8-11H,3-7H2,1-2H3;1-2H3;1H2/t8-,9?;;/m0../s1. The molecular weight excluding hydrogens is 188 g/mol. The molecule has 2 rings (SSSR count). The van der Waals surface area contributed by atoms with Crippen molar-refractivity contribution in [2.45, 2.75) is 65.1 Å². The first-order valence-electron chi connectivity index (χ1n) is 6.27. The number of nitrogens with zero attached hydrogens (tertiary/aromatic N) is 1. The topological polar surface area (TPSA) is 46.8 Å². The molecule has 0 spiro atoms. The lowest BCUT2D eigenvalue weighted by Crippen LogP contribution is -2.60. The van der Waals surface area contributed by atoms with Gasteiger partial charge in [-0.05, 0) is 26.7 Å². The number of hydrogen-bond acceptors (Lipinski definition) is 2. The van der Waals surface area contributed by atoms with E-state index in [-0.39, 0.29) is 5.48 Å². The highest BCUT2D eigenvalue weighted by Crippen LogP contribution is 2.28. The summed E-state index contributed by atoms with van der Waals surface area (Å²) >= 11 is 0. The zero-order valence-electron chi connectivity index (χ0n) is 10.7. The van der Waals surface area contributed by atoms with E-state index in [0.717, 1.165) is 18.1 Å². The van der Waals surface area contributed by atoms with Crippen molar-refractivity contribution in [1.29, 1.82) is 0 Å². The minimum absolute atomic E-state index is 0. The van der Waals surface area contributed by atoms with Crippen LogP contribution < -0.4 is 5.32 Å². The van der Waals surface area contributed by atoms with Crippen molar-refractivity contribution in [3.05, 3.63) is 0 Å². The molecule has 1 unspecified atom stereocenters. The molecule has 2 aliphatic rings. The van der Waals surface area contributed by atoms with Crippen LogP contribution in [-0.4, -0.2) is 41.6 Å². The highest BCUT2D eigenvalue weighted by Gasteiger charge is 2.33. The number of rotatable bonds is 1. The molecule has 0 aromatic heterocycles. The van der Waals surface area contributed by atoms with Crippen LogP contribution in [0.3, 0.4) is 0 Å². The summed E-state index contributed by atoms with van der Waals surface area (Å²) < 4.78 is 0. The lowest BCUT2D eigenvalue weighted by molar-refractivity contribution is 0.0284. The fraction of sp³-hybridized carbons (Fsp3) is 1.00.